The topological polar surface area (TPSA) is 37.0 Å². The van der Waals surface area contributed by atoms with Crippen LogP contribution in [0, 0.1) is 6.92 Å². The van der Waals surface area contributed by atoms with Crippen molar-refractivity contribution in [3.8, 4) is 11.5 Å². The van der Waals surface area contributed by atoms with Crippen molar-refractivity contribution in [2.24, 2.45) is 0 Å². The van der Waals surface area contributed by atoms with Crippen LogP contribution < -0.4 is 10.1 Å². The lowest BCUT2D eigenvalue weighted by Gasteiger charge is -2.38. The van der Waals surface area contributed by atoms with Gasteiger partial charge in [0.05, 0.1) is 10.9 Å². The van der Waals surface area contributed by atoms with E-state index in [0.717, 1.165) is 56.2 Å². The number of rotatable bonds is 5. The molecule has 2 N–H and O–H groups in total. The zero-order valence-corrected chi connectivity index (χ0v) is 21.4. The summed E-state index contributed by atoms with van der Waals surface area (Å²) >= 11 is 0. The molecule has 1 aromatic heterocycles. The van der Waals surface area contributed by atoms with Gasteiger partial charge < -0.3 is 15.0 Å². The number of allylic oxidation sites excluding steroid dienone is 1. The second-order valence-corrected chi connectivity index (χ2v) is 9.77. The monoisotopic (exact) mass is 482 g/mol. The Labute approximate surface area is 218 Å². The number of hydrogen-bond donors (Lipinski definition) is 2. The van der Waals surface area contributed by atoms with E-state index in [1.54, 1.807) is 0 Å². The summed E-state index contributed by atoms with van der Waals surface area (Å²) in [5.74, 6) is 1.77. The molecular formula is C34H30N2O. The SMILES string of the molecule is C=Cc1[nH]c2ccc3c(c2c1/C=C\C)Oc1ccc(Nc2ccccc2C)cc1C3(C)c1ccccc1. The molecule has 0 bridgehead atoms. The lowest BCUT2D eigenvalue weighted by molar-refractivity contribution is 0.432. The Bertz CT molecular complexity index is 1680. The third-order valence-electron chi connectivity index (χ3n) is 7.57. The smallest absolute Gasteiger partial charge is 0.141 e. The van der Waals surface area contributed by atoms with Crippen LogP contribution in [-0.4, -0.2) is 4.98 Å². The van der Waals surface area contributed by atoms with Crippen LogP contribution in [0.15, 0.2) is 97.6 Å². The first-order valence-corrected chi connectivity index (χ1v) is 12.7. The van der Waals surface area contributed by atoms with E-state index in [2.05, 4.69) is 128 Å². The van der Waals surface area contributed by atoms with Crippen LogP contribution in [-0.2, 0) is 5.41 Å². The predicted octanol–water partition coefficient (Wildman–Crippen LogP) is 9.36. The minimum Gasteiger partial charge on any atom is -0.456 e. The maximum absolute atomic E-state index is 6.77. The van der Waals surface area contributed by atoms with E-state index < -0.39 is 5.41 Å². The van der Waals surface area contributed by atoms with Gasteiger partial charge in [-0.2, -0.15) is 0 Å². The summed E-state index contributed by atoms with van der Waals surface area (Å²) in [6.45, 7) is 10.5. The molecule has 4 aromatic carbocycles. The summed E-state index contributed by atoms with van der Waals surface area (Å²) in [5.41, 5.74) is 9.56. The number of aryl methyl sites for hydroxylation is 1. The quantitative estimate of drug-likeness (QED) is 0.262. The number of aromatic amines is 1. The van der Waals surface area contributed by atoms with Crippen molar-refractivity contribution in [1.82, 2.24) is 4.98 Å². The minimum absolute atomic E-state index is 0.416. The van der Waals surface area contributed by atoms with Gasteiger partial charge in [-0.05, 0) is 68.3 Å². The zero-order chi connectivity index (χ0) is 25.6. The highest BCUT2D eigenvalue weighted by Gasteiger charge is 2.41. The third kappa shape index (κ3) is 3.58. The molecule has 0 spiro atoms. The van der Waals surface area contributed by atoms with Gasteiger partial charge in [-0.1, -0.05) is 73.3 Å². The Balaban J connectivity index is 1.61. The Kier molecular flexibility index (Phi) is 5.49. The third-order valence-corrected chi connectivity index (χ3v) is 7.57. The Morgan fingerprint density at radius 1 is 0.919 bits per heavy atom. The van der Waals surface area contributed by atoms with Crippen LogP contribution in [0.2, 0.25) is 0 Å². The molecule has 0 aliphatic carbocycles. The number of anilines is 2. The Hall–Kier alpha value is -4.50. The largest absolute Gasteiger partial charge is 0.456 e. The molecule has 5 aromatic rings. The number of hydrogen-bond acceptors (Lipinski definition) is 2. The molecule has 6 rings (SSSR count). The van der Waals surface area contributed by atoms with Crippen molar-refractivity contribution in [3.05, 3.63) is 131 Å². The summed E-state index contributed by atoms with van der Waals surface area (Å²) in [4.78, 5) is 3.52. The predicted molar refractivity (Wildman–Crippen MR) is 156 cm³/mol. The molecule has 1 atom stereocenters. The normalized spacial score (nSPS) is 16.3. The molecule has 3 heteroatoms. The van der Waals surface area contributed by atoms with Crippen LogP contribution in [0.4, 0.5) is 11.4 Å². The summed E-state index contributed by atoms with van der Waals surface area (Å²) in [6.07, 6.45) is 6.06. The zero-order valence-electron chi connectivity index (χ0n) is 21.4. The van der Waals surface area contributed by atoms with Gasteiger partial charge >= 0.3 is 0 Å². The van der Waals surface area contributed by atoms with Crippen molar-refractivity contribution in [1.29, 1.82) is 0 Å². The maximum Gasteiger partial charge on any atom is 0.141 e. The van der Waals surface area contributed by atoms with Crippen LogP contribution >= 0.6 is 0 Å². The van der Waals surface area contributed by atoms with E-state index in [-0.39, 0.29) is 0 Å². The Morgan fingerprint density at radius 2 is 1.70 bits per heavy atom. The molecule has 1 unspecified atom stereocenters. The van der Waals surface area contributed by atoms with E-state index in [4.69, 9.17) is 4.74 Å². The molecule has 3 nitrogen and oxygen atoms in total. The molecule has 2 heterocycles. The fourth-order valence-corrected chi connectivity index (χ4v) is 5.60. The molecule has 37 heavy (non-hydrogen) atoms. The fourth-order valence-electron chi connectivity index (χ4n) is 5.60. The van der Waals surface area contributed by atoms with Crippen LogP contribution in [0.25, 0.3) is 23.1 Å². The summed E-state index contributed by atoms with van der Waals surface area (Å²) < 4.78 is 6.77. The van der Waals surface area contributed by atoms with Gasteiger partial charge in [0, 0.05) is 39.2 Å². The molecule has 0 saturated heterocycles. The van der Waals surface area contributed by atoms with Gasteiger partial charge in [-0.25, -0.2) is 0 Å². The van der Waals surface area contributed by atoms with Crippen molar-refractivity contribution in [2.75, 3.05) is 5.32 Å². The van der Waals surface area contributed by atoms with E-state index in [1.807, 2.05) is 13.0 Å². The van der Waals surface area contributed by atoms with Crippen LogP contribution in [0.5, 0.6) is 11.5 Å². The van der Waals surface area contributed by atoms with Crippen molar-refractivity contribution < 1.29 is 4.74 Å². The summed E-state index contributed by atoms with van der Waals surface area (Å²) in [7, 11) is 0. The highest BCUT2D eigenvalue weighted by Crippen LogP contribution is 2.55. The first-order valence-electron chi connectivity index (χ1n) is 12.7. The number of benzene rings is 4. The summed E-state index contributed by atoms with van der Waals surface area (Å²) in [6, 6.07) is 29.9. The van der Waals surface area contributed by atoms with E-state index in [1.165, 1.54) is 11.1 Å². The number of ether oxygens (including phenoxy) is 1. The molecular weight excluding hydrogens is 452 g/mol. The standard InChI is InChI=1S/C34H30N2O/c1-5-12-25-28(6-2)36-30-19-18-26-33(32(25)30)37-31-20-17-24(35-29-16-11-10-13-22(29)3)21-27(31)34(26,4)23-14-8-7-9-15-23/h5-21,35-36H,2H2,1,3-4H3/b12-5-. The average Bonchev–Trinajstić information content (AvgIpc) is 3.29. The first-order chi connectivity index (χ1) is 18.0. The molecule has 0 amide bonds. The van der Waals surface area contributed by atoms with Crippen molar-refractivity contribution >= 4 is 34.4 Å². The van der Waals surface area contributed by atoms with Gasteiger partial charge in [-0.3, -0.25) is 0 Å². The van der Waals surface area contributed by atoms with Crippen LogP contribution in [0.3, 0.4) is 0 Å². The number of aromatic nitrogens is 1. The Morgan fingerprint density at radius 3 is 2.46 bits per heavy atom. The van der Waals surface area contributed by atoms with E-state index in [0.29, 0.717) is 0 Å². The highest BCUT2D eigenvalue weighted by atomic mass is 16.5. The van der Waals surface area contributed by atoms with Crippen LogP contribution in [0.1, 0.15) is 47.4 Å². The number of para-hydroxylation sites is 1. The first kappa shape index (κ1) is 22.9. The number of fused-ring (bicyclic) bond motifs is 4. The minimum atomic E-state index is -0.416. The fraction of sp³-hybridized carbons (Fsp3) is 0.118. The molecule has 1 aliphatic rings. The van der Waals surface area contributed by atoms with Gasteiger partial charge in [0.15, 0.2) is 0 Å². The molecule has 182 valence electrons. The average molecular weight is 483 g/mol. The van der Waals surface area contributed by atoms with Gasteiger partial charge in [-0.15, -0.1) is 0 Å². The number of H-pyrrole nitrogens is 1. The van der Waals surface area contributed by atoms with Crippen molar-refractivity contribution in [3.63, 3.8) is 0 Å². The summed E-state index contributed by atoms with van der Waals surface area (Å²) in [5, 5.41) is 4.70. The highest BCUT2D eigenvalue weighted by molar-refractivity contribution is 5.99. The lowest BCUT2D eigenvalue weighted by Crippen LogP contribution is -2.29. The van der Waals surface area contributed by atoms with Gasteiger partial charge in [0.2, 0.25) is 0 Å². The molecule has 1 aliphatic heterocycles. The second-order valence-electron chi connectivity index (χ2n) is 9.77. The van der Waals surface area contributed by atoms with E-state index in [9.17, 15) is 0 Å². The van der Waals surface area contributed by atoms with E-state index >= 15 is 0 Å². The van der Waals surface area contributed by atoms with Gasteiger partial charge in [0.25, 0.3) is 0 Å². The van der Waals surface area contributed by atoms with Crippen molar-refractivity contribution in [2.45, 2.75) is 26.2 Å². The second kappa shape index (κ2) is 8.86. The van der Waals surface area contributed by atoms with Gasteiger partial charge in [0.1, 0.15) is 11.5 Å². The molecule has 0 fully saturated rings. The maximum atomic E-state index is 6.77. The number of nitrogens with one attached hydrogen (secondary N) is 2. The lowest BCUT2D eigenvalue weighted by atomic mass is 9.69. The molecule has 0 radical (unpaired) electrons. The molecule has 0 saturated carbocycles.